The Morgan fingerprint density at radius 1 is 0.636 bits per heavy atom. The number of aliphatic hydroxyl groups excluding tert-OH is 2. The zero-order valence-electron chi connectivity index (χ0n) is 23.8. The summed E-state index contributed by atoms with van der Waals surface area (Å²) in [6.07, 6.45) is -10.9. The van der Waals surface area contributed by atoms with Crippen LogP contribution in [0.5, 0.6) is 0 Å². The highest BCUT2D eigenvalue weighted by Crippen LogP contribution is 2.35. The predicted molar refractivity (Wildman–Crippen MR) is 146 cm³/mol. The second-order valence-corrected chi connectivity index (χ2v) is 10.8. The van der Waals surface area contributed by atoms with E-state index in [1.165, 1.54) is 0 Å². The number of amides is 2. The van der Waals surface area contributed by atoms with Gasteiger partial charge in [-0.2, -0.15) is 26.3 Å². The Bertz CT molecular complexity index is 1080. The second kappa shape index (κ2) is 16.0. The summed E-state index contributed by atoms with van der Waals surface area (Å²) >= 11 is 0. The van der Waals surface area contributed by atoms with Gasteiger partial charge in [0.2, 0.25) is 0 Å². The highest BCUT2D eigenvalue weighted by molar-refractivity contribution is 5.69. The van der Waals surface area contributed by atoms with E-state index in [4.69, 9.17) is 19.7 Å². The first-order valence-corrected chi connectivity index (χ1v) is 14.1. The zero-order valence-corrected chi connectivity index (χ0v) is 23.8. The van der Waals surface area contributed by atoms with Crippen molar-refractivity contribution in [3.8, 4) is 0 Å². The van der Waals surface area contributed by atoms with Crippen molar-refractivity contribution >= 4 is 12.2 Å². The van der Waals surface area contributed by atoms with Crippen molar-refractivity contribution in [2.24, 2.45) is 11.8 Å². The number of carbonyl (C=O) groups excluding carboxylic acids is 2. The third-order valence-electron chi connectivity index (χ3n) is 7.51. The number of halogens is 6. The molecule has 2 fully saturated rings. The summed E-state index contributed by atoms with van der Waals surface area (Å²) in [5, 5.41) is 18.3. The van der Waals surface area contributed by atoms with Gasteiger partial charge in [0.25, 0.3) is 0 Å². The first-order chi connectivity index (χ1) is 20.8. The molecule has 4 atom stereocenters. The van der Waals surface area contributed by atoms with Crippen LogP contribution in [0.15, 0.2) is 60.7 Å². The molecule has 14 heteroatoms. The molecule has 0 aromatic heterocycles. The van der Waals surface area contributed by atoms with Gasteiger partial charge in [0.05, 0.1) is 0 Å². The number of rotatable bonds is 6. The summed E-state index contributed by atoms with van der Waals surface area (Å²) < 4.78 is 88.2. The van der Waals surface area contributed by atoms with Crippen LogP contribution in [0.1, 0.15) is 36.8 Å². The van der Waals surface area contributed by atoms with Crippen LogP contribution in [0.2, 0.25) is 0 Å². The van der Waals surface area contributed by atoms with Crippen LogP contribution in [0.25, 0.3) is 0 Å². The number of benzene rings is 2. The lowest BCUT2D eigenvalue weighted by atomic mass is 9.93. The van der Waals surface area contributed by atoms with Crippen molar-refractivity contribution in [1.82, 2.24) is 9.80 Å². The summed E-state index contributed by atoms with van der Waals surface area (Å²) in [6.45, 7) is -0.933. The molecular weight excluding hydrogens is 598 g/mol. The number of ether oxygens (including phenoxy) is 2. The molecule has 2 saturated heterocycles. The fourth-order valence-electron chi connectivity index (χ4n) is 5.08. The molecule has 2 aliphatic heterocycles. The Balaban J connectivity index is 0.000000240. The number of hydrogen-bond donors (Lipinski definition) is 2. The van der Waals surface area contributed by atoms with Gasteiger partial charge in [-0.05, 0) is 48.6 Å². The minimum atomic E-state index is -4.49. The smallest absolute Gasteiger partial charge is 0.410 e. The number of hydrogen-bond acceptors (Lipinski definition) is 6. The molecule has 0 spiro atoms. The molecule has 4 rings (SSSR count). The summed E-state index contributed by atoms with van der Waals surface area (Å²) in [7, 11) is 0. The van der Waals surface area contributed by atoms with E-state index in [0.717, 1.165) is 0 Å². The largest absolute Gasteiger partial charge is 0.445 e. The summed E-state index contributed by atoms with van der Waals surface area (Å²) in [4.78, 5) is 25.4. The lowest BCUT2D eigenvalue weighted by Gasteiger charge is -2.39. The van der Waals surface area contributed by atoms with E-state index in [1.807, 2.05) is 0 Å². The predicted octanol–water partition coefficient (Wildman–Crippen LogP) is 5.92. The van der Waals surface area contributed by atoms with Crippen LogP contribution in [-0.2, 0) is 22.7 Å². The Labute approximate surface area is 251 Å². The molecule has 0 saturated carbocycles. The summed E-state index contributed by atoms with van der Waals surface area (Å²) in [5.41, 5.74) is 1.41. The van der Waals surface area contributed by atoms with E-state index in [9.17, 15) is 35.9 Å². The molecule has 2 aromatic carbocycles. The maximum atomic E-state index is 13.0. The quantitative estimate of drug-likeness (QED) is 0.383. The molecule has 2 N–H and O–H groups in total. The van der Waals surface area contributed by atoms with Gasteiger partial charge in [0, 0.05) is 26.3 Å². The number of piperidine rings is 2. The standard InChI is InChI=1S/2C15H18F3NO3/c2*16-15(17,18)13-7-6-12(9-20)8-19(13)14(21)22-10-11-4-2-1-3-5-11/h2*1-5,12-13,20H,6-10H2/t2*12-,13-/m10/s1. The molecular formula is C30H36F6N2O6. The van der Waals surface area contributed by atoms with Gasteiger partial charge in [0.1, 0.15) is 25.3 Å². The van der Waals surface area contributed by atoms with Crippen LogP contribution in [-0.4, -0.2) is 82.9 Å². The van der Waals surface area contributed by atoms with Gasteiger partial charge in [-0.3, -0.25) is 9.80 Å². The molecule has 0 aliphatic carbocycles. The first kappa shape index (κ1) is 35.0. The SMILES string of the molecule is O=C(OCc1ccccc1)N1C[C@@H](CO)CC[C@H]1C(F)(F)F.O=C(OCc1ccccc1)N1C[C@H](CO)CC[C@@H]1C(F)(F)F. The molecule has 0 radical (unpaired) electrons. The first-order valence-electron chi connectivity index (χ1n) is 14.1. The van der Waals surface area contributed by atoms with Gasteiger partial charge < -0.3 is 19.7 Å². The molecule has 0 bridgehead atoms. The van der Waals surface area contributed by atoms with E-state index >= 15 is 0 Å². The average molecular weight is 635 g/mol. The van der Waals surface area contributed by atoms with Gasteiger partial charge in [-0.1, -0.05) is 60.7 Å². The molecule has 44 heavy (non-hydrogen) atoms. The lowest BCUT2D eigenvalue weighted by molar-refractivity contribution is -0.190. The van der Waals surface area contributed by atoms with Crippen LogP contribution >= 0.6 is 0 Å². The average Bonchev–Trinajstić information content (AvgIpc) is 3.02. The number of likely N-dealkylation sites (tertiary alicyclic amines) is 2. The van der Waals surface area contributed by atoms with Crippen molar-refractivity contribution in [2.75, 3.05) is 26.3 Å². The van der Waals surface area contributed by atoms with Crippen molar-refractivity contribution < 1.29 is 55.6 Å². The van der Waals surface area contributed by atoms with Crippen molar-refractivity contribution in [3.63, 3.8) is 0 Å². The summed E-state index contributed by atoms with van der Waals surface area (Å²) in [6, 6.07) is 13.8. The molecule has 8 nitrogen and oxygen atoms in total. The monoisotopic (exact) mass is 634 g/mol. The number of carbonyl (C=O) groups is 2. The van der Waals surface area contributed by atoms with E-state index in [-0.39, 0.29) is 77.0 Å². The molecule has 2 aliphatic rings. The van der Waals surface area contributed by atoms with E-state index in [0.29, 0.717) is 20.9 Å². The van der Waals surface area contributed by atoms with Crippen LogP contribution in [0.4, 0.5) is 35.9 Å². The van der Waals surface area contributed by atoms with Crippen molar-refractivity contribution in [2.45, 2.75) is 63.3 Å². The number of alkyl halides is 6. The van der Waals surface area contributed by atoms with Crippen LogP contribution in [0.3, 0.4) is 0 Å². The van der Waals surface area contributed by atoms with Crippen LogP contribution in [0, 0.1) is 11.8 Å². The van der Waals surface area contributed by atoms with Crippen LogP contribution < -0.4 is 0 Å². The highest BCUT2D eigenvalue weighted by atomic mass is 19.4. The fraction of sp³-hybridized carbons (Fsp3) is 0.533. The minimum absolute atomic E-state index is 0.0788. The van der Waals surface area contributed by atoms with E-state index in [1.54, 1.807) is 60.7 Å². The van der Waals surface area contributed by atoms with E-state index in [2.05, 4.69) is 0 Å². The highest BCUT2D eigenvalue weighted by Gasteiger charge is 2.49. The van der Waals surface area contributed by atoms with Crippen molar-refractivity contribution in [3.05, 3.63) is 71.8 Å². The third kappa shape index (κ3) is 10.3. The molecule has 2 heterocycles. The zero-order chi connectivity index (χ0) is 32.3. The Kier molecular flexibility index (Phi) is 12.7. The summed E-state index contributed by atoms with van der Waals surface area (Å²) in [5.74, 6) is -0.689. The Hall–Kier alpha value is -3.52. The van der Waals surface area contributed by atoms with Gasteiger partial charge >= 0.3 is 24.5 Å². The van der Waals surface area contributed by atoms with E-state index < -0.39 is 36.6 Å². The molecule has 244 valence electrons. The molecule has 2 amide bonds. The van der Waals surface area contributed by atoms with Crippen molar-refractivity contribution in [1.29, 1.82) is 0 Å². The third-order valence-corrected chi connectivity index (χ3v) is 7.51. The number of nitrogens with zero attached hydrogens (tertiary/aromatic N) is 2. The second-order valence-electron chi connectivity index (χ2n) is 10.8. The van der Waals surface area contributed by atoms with Gasteiger partial charge in [-0.15, -0.1) is 0 Å². The molecule has 2 aromatic rings. The van der Waals surface area contributed by atoms with Gasteiger partial charge in [0.15, 0.2) is 0 Å². The Morgan fingerprint density at radius 3 is 1.27 bits per heavy atom. The lowest BCUT2D eigenvalue weighted by Crippen LogP contribution is -2.54. The Morgan fingerprint density at radius 2 is 0.977 bits per heavy atom. The maximum absolute atomic E-state index is 13.0. The fourth-order valence-corrected chi connectivity index (χ4v) is 5.08. The number of aliphatic hydroxyl groups is 2. The minimum Gasteiger partial charge on any atom is -0.445 e. The topological polar surface area (TPSA) is 99.5 Å². The van der Waals surface area contributed by atoms with Gasteiger partial charge in [-0.25, -0.2) is 9.59 Å². The maximum Gasteiger partial charge on any atom is 0.410 e. The normalized spacial score (nSPS) is 22.5. The molecule has 0 unspecified atom stereocenters.